The van der Waals surface area contributed by atoms with Crippen molar-refractivity contribution >= 4 is 40.9 Å². The maximum Gasteiger partial charge on any atom is 0.407 e. The zero-order valence-electron chi connectivity index (χ0n) is 14.0. The Hall–Kier alpha value is -1.46. The van der Waals surface area contributed by atoms with E-state index in [4.69, 9.17) is 27.9 Å². The number of halogens is 2. The Morgan fingerprint density at radius 3 is 2.33 bits per heavy atom. The lowest BCUT2D eigenvalue weighted by atomic mass is 10.1. The molecule has 1 aliphatic carbocycles. The Morgan fingerprint density at radius 1 is 1.12 bits per heavy atom. The topological polar surface area (TPSA) is 67.4 Å². The molecule has 0 saturated heterocycles. The van der Waals surface area contributed by atoms with Gasteiger partial charge in [0.25, 0.3) is 0 Å². The van der Waals surface area contributed by atoms with E-state index in [-0.39, 0.29) is 17.9 Å². The number of alkyl carbamates (subject to hydrolysis) is 1. The fourth-order valence-electron chi connectivity index (χ4n) is 2.70. The number of carbonyl (C=O) groups excluding carboxylic acids is 2. The smallest absolute Gasteiger partial charge is 0.407 e. The third kappa shape index (κ3) is 5.87. The van der Waals surface area contributed by atoms with E-state index in [1.807, 2.05) is 20.8 Å². The summed E-state index contributed by atoms with van der Waals surface area (Å²) in [7, 11) is 0. The van der Waals surface area contributed by atoms with Gasteiger partial charge in [0.1, 0.15) is 5.60 Å². The van der Waals surface area contributed by atoms with Crippen molar-refractivity contribution < 1.29 is 14.3 Å². The van der Waals surface area contributed by atoms with Gasteiger partial charge in [-0.1, -0.05) is 23.2 Å². The first-order chi connectivity index (χ1) is 11.1. The van der Waals surface area contributed by atoms with Crippen molar-refractivity contribution in [2.45, 2.75) is 51.7 Å². The lowest BCUT2D eigenvalue weighted by Gasteiger charge is -2.21. The predicted octanol–water partition coefficient (Wildman–Crippen LogP) is 4.63. The van der Waals surface area contributed by atoms with E-state index in [9.17, 15) is 9.59 Å². The summed E-state index contributed by atoms with van der Waals surface area (Å²) < 4.78 is 5.24. The largest absolute Gasteiger partial charge is 0.444 e. The van der Waals surface area contributed by atoms with Crippen LogP contribution in [0.4, 0.5) is 10.5 Å². The number of hydrogen-bond acceptors (Lipinski definition) is 3. The van der Waals surface area contributed by atoms with Crippen molar-refractivity contribution in [2.24, 2.45) is 5.92 Å². The molecule has 1 aromatic rings. The molecule has 1 aromatic carbocycles. The minimum Gasteiger partial charge on any atom is -0.444 e. The summed E-state index contributed by atoms with van der Waals surface area (Å²) in [5, 5.41) is 6.58. The van der Waals surface area contributed by atoms with Crippen LogP contribution in [0, 0.1) is 5.92 Å². The number of nitrogens with one attached hydrogen (secondary N) is 2. The molecule has 1 saturated carbocycles. The van der Waals surface area contributed by atoms with Gasteiger partial charge in [0.2, 0.25) is 5.91 Å². The maximum atomic E-state index is 12.4. The molecule has 0 heterocycles. The van der Waals surface area contributed by atoms with E-state index in [1.54, 1.807) is 18.2 Å². The quantitative estimate of drug-likeness (QED) is 0.812. The molecule has 1 aliphatic rings. The van der Waals surface area contributed by atoms with Gasteiger partial charge in [0.15, 0.2) is 0 Å². The number of anilines is 1. The number of amides is 2. The first-order valence-electron chi connectivity index (χ1n) is 7.89. The highest BCUT2D eigenvalue weighted by Gasteiger charge is 2.31. The molecule has 2 atom stereocenters. The highest BCUT2D eigenvalue weighted by Crippen LogP contribution is 2.28. The third-order valence-corrected chi connectivity index (χ3v) is 4.09. The van der Waals surface area contributed by atoms with Crippen molar-refractivity contribution in [2.75, 3.05) is 5.32 Å². The SMILES string of the molecule is CC(C)(C)OC(=O)NC1CCC(C(=O)Nc2cc(Cl)cc(Cl)c2)C1. The first kappa shape index (κ1) is 18.9. The van der Waals surface area contributed by atoms with Gasteiger partial charge < -0.3 is 15.4 Å². The van der Waals surface area contributed by atoms with E-state index in [0.29, 0.717) is 28.6 Å². The lowest BCUT2D eigenvalue weighted by Crippen LogP contribution is -2.38. The zero-order chi connectivity index (χ0) is 17.9. The molecular weight excluding hydrogens is 351 g/mol. The summed E-state index contributed by atoms with van der Waals surface area (Å²) in [6, 6.07) is 4.85. The minimum atomic E-state index is -0.536. The van der Waals surface area contributed by atoms with Crippen LogP contribution in [0.3, 0.4) is 0 Å². The van der Waals surface area contributed by atoms with Gasteiger partial charge in [0, 0.05) is 27.7 Å². The van der Waals surface area contributed by atoms with Gasteiger partial charge in [-0.25, -0.2) is 4.79 Å². The monoisotopic (exact) mass is 372 g/mol. The molecule has 2 amide bonds. The molecule has 0 aromatic heterocycles. The van der Waals surface area contributed by atoms with Gasteiger partial charge in [-0.3, -0.25) is 4.79 Å². The number of benzene rings is 1. The highest BCUT2D eigenvalue weighted by molar-refractivity contribution is 6.35. The third-order valence-electron chi connectivity index (χ3n) is 3.65. The molecule has 5 nitrogen and oxygen atoms in total. The van der Waals surface area contributed by atoms with Gasteiger partial charge in [0.05, 0.1) is 0 Å². The van der Waals surface area contributed by atoms with Crippen molar-refractivity contribution in [3.8, 4) is 0 Å². The minimum absolute atomic E-state index is 0.0569. The summed E-state index contributed by atoms with van der Waals surface area (Å²) in [5.41, 5.74) is 0.0340. The van der Waals surface area contributed by atoms with Crippen LogP contribution in [0.5, 0.6) is 0 Å². The summed E-state index contributed by atoms with van der Waals surface area (Å²) in [5.74, 6) is -0.260. The molecule has 2 unspecified atom stereocenters. The average molecular weight is 373 g/mol. The van der Waals surface area contributed by atoms with E-state index in [1.165, 1.54) is 0 Å². The van der Waals surface area contributed by atoms with Crippen molar-refractivity contribution in [1.29, 1.82) is 0 Å². The van der Waals surface area contributed by atoms with Gasteiger partial charge in [-0.15, -0.1) is 0 Å². The van der Waals surface area contributed by atoms with Gasteiger partial charge >= 0.3 is 6.09 Å². The maximum absolute atomic E-state index is 12.4. The van der Waals surface area contributed by atoms with Crippen LogP contribution in [0.25, 0.3) is 0 Å². The summed E-state index contributed by atoms with van der Waals surface area (Å²) in [4.78, 5) is 24.2. The molecule has 2 N–H and O–H groups in total. The predicted molar refractivity (Wildman–Crippen MR) is 95.6 cm³/mol. The molecule has 0 spiro atoms. The molecule has 0 radical (unpaired) electrons. The van der Waals surface area contributed by atoms with E-state index in [2.05, 4.69) is 10.6 Å². The molecule has 132 valence electrons. The summed E-state index contributed by atoms with van der Waals surface area (Å²) in [6.45, 7) is 5.44. The second kappa shape index (κ2) is 7.62. The fraction of sp³-hybridized carbons (Fsp3) is 0.529. The van der Waals surface area contributed by atoms with Crippen LogP contribution in [-0.2, 0) is 9.53 Å². The molecule has 0 bridgehead atoms. The first-order valence-corrected chi connectivity index (χ1v) is 8.64. The second-order valence-electron chi connectivity index (χ2n) is 7.00. The molecule has 1 fully saturated rings. The van der Waals surface area contributed by atoms with Crippen LogP contribution in [0.2, 0.25) is 10.0 Å². The Kier molecular flexibility index (Phi) is 5.99. The number of rotatable bonds is 3. The number of carbonyl (C=O) groups is 2. The standard InChI is InChI=1S/C17H22Cl2N2O3/c1-17(2,3)24-16(23)21-13-5-4-10(6-13)15(22)20-14-8-11(18)7-12(19)9-14/h7-10,13H,4-6H2,1-3H3,(H,20,22)(H,21,23). The molecule has 7 heteroatoms. The number of hydrogen-bond donors (Lipinski definition) is 2. The van der Waals surface area contributed by atoms with Crippen LogP contribution in [0.15, 0.2) is 18.2 Å². The Bertz CT molecular complexity index is 609. The average Bonchev–Trinajstić information content (AvgIpc) is 2.83. The van der Waals surface area contributed by atoms with Crippen LogP contribution in [-0.4, -0.2) is 23.6 Å². The Labute approximate surface area is 152 Å². The van der Waals surface area contributed by atoms with Gasteiger partial charge in [-0.05, 0) is 58.2 Å². The van der Waals surface area contributed by atoms with Crippen LogP contribution >= 0.6 is 23.2 Å². The van der Waals surface area contributed by atoms with E-state index >= 15 is 0 Å². The van der Waals surface area contributed by atoms with Crippen molar-refractivity contribution in [3.63, 3.8) is 0 Å². The van der Waals surface area contributed by atoms with Crippen LogP contribution in [0.1, 0.15) is 40.0 Å². The second-order valence-corrected chi connectivity index (χ2v) is 7.87. The normalized spacial score (nSPS) is 20.5. The molecule has 24 heavy (non-hydrogen) atoms. The lowest BCUT2D eigenvalue weighted by molar-refractivity contribution is -0.119. The van der Waals surface area contributed by atoms with E-state index < -0.39 is 11.7 Å². The Balaban J connectivity index is 1.86. The zero-order valence-corrected chi connectivity index (χ0v) is 15.5. The van der Waals surface area contributed by atoms with Crippen molar-refractivity contribution in [3.05, 3.63) is 28.2 Å². The molecular formula is C17H22Cl2N2O3. The van der Waals surface area contributed by atoms with Crippen LogP contribution < -0.4 is 10.6 Å². The summed E-state index contributed by atoms with van der Waals surface area (Å²) in [6.07, 6.45) is 1.59. The summed E-state index contributed by atoms with van der Waals surface area (Å²) >= 11 is 11.9. The molecule has 2 rings (SSSR count). The number of ether oxygens (including phenoxy) is 1. The highest BCUT2D eigenvalue weighted by atomic mass is 35.5. The fourth-order valence-corrected chi connectivity index (χ4v) is 3.22. The van der Waals surface area contributed by atoms with E-state index in [0.717, 1.165) is 6.42 Å². The van der Waals surface area contributed by atoms with Crippen molar-refractivity contribution in [1.82, 2.24) is 5.32 Å². The Morgan fingerprint density at radius 2 is 1.75 bits per heavy atom. The van der Waals surface area contributed by atoms with Gasteiger partial charge in [-0.2, -0.15) is 0 Å². The molecule has 0 aliphatic heterocycles.